The van der Waals surface area contributed by atoms with Crippen molar-refractivity contribution in [3.8, 4) is 5.75 Å². The van der Waals surface area contributed by atoms with Crippen LogP contribution in [0.1, 0.15) is 5.56 Å². The van der Waals surface area contributed by atoms with Gasteiger partial charge in [0.1, 0.15) is 12.4 Å². The number of fused-ring (bicyclic) bond motifs is 1. The van der Waals surface area contributed by atoms with Crippen LogP contribution in [-0.2, 0) is 16.1 Å². The van der Waals surface area contributed by atoms with Gasteiger partial charge in [0.2, 0.25) is 0 Å². The van der Waals surface area contributed by atoms with E-state index in [1.807, 2.05) is 12.1 Å². The van der Waals surface area contributed by atoms with Crippen LogP contribution < -0.4 is 10.4 Å². The average molecular weight is 340 g/mol. The van der Waals surface area contributed by atoms with E-state index < -0.39 is 5.97 Å². The van der Waals surface area contributed by atoms with Crippen molar-refractivity contribution in [1.29, 1.82) is 0 Å². The summed E-state index contributed by atoms with van der Waals surface area (Å²) in [6, 6.07) is 7.20. The molecule has 0 amide bonds. The lowest BCUT2D eigenvalue weighted by atomic mass is 10.2. The van der Waals surface area contributed by atoms with Gasteiger partial charge in [-0.15, -0.1) is 5.10 Å². The molecule has 0 spiro atoms. The van der Waals surface area contributed by atoms with Crippen molar-refractivity contribution >= 4 is 17.7 Å². The summed E-state index contributed by atoms with van der Waals surface area (Å²) in [5.41, 5.74) is 1.11. The van der Waals surface area contributed by atoms with Crippen LogP contribution in [0.3, 0.4) is 0 Å². The molecule has 2 heterocycles. The minimum atomic E-state index is -0.409. The number of carbonyl (C=O) groups is 1. The fourth-order valence-corrected chi connectivity index (χ4v) is 2.18. The highest BCUT2D eigenvalue weighted by Crippen LogP contribution is 2.13. The Hall–Kier alpha value is -3.42. The summed E-state index contributed by atoms with van der Waals surface area (Å²) >= 11 is 0. The lowest BCUT2D eigenvalue weighted by Gasteiger charge is -2.05. The third-order valence-electron chi connectivity index (χ3n) is 3.45. The Bertz CT molecular complexity index is 957. The van der Waals surface area contributed by atoms with E-state index in [2.05, 4.69) is 14.8 Å². The molecule has 0 aliphatic carbocycles. The molecular formula is C17H16N4O4. The maximum atomic E-state index is 12.1. The molecular weight excluding hydrogens is 324 g/mol. The Balaban J connectivity index is 1.58. The third kappa shape index (κ3) is 3.92. The number of nitrogens with zero attached hydrogens (tertiary/aromatic N) is 4. The summed E-state index contributed by atoms with van der Waals surface area (Å²) in [4.78, 5) is 27.1. The number of carbonyl (C=O) groups excluding carboxylic acids is 1. The van der Waals surface area contributed by atoms with E-state index in [1.54, 1.807) is 24.4 Å². The molecule has 3 aromatic rings. The minimum Gasteiger partial charge on any atom is -0.492 e. The third-order valence-corrected chi connectivity index (χ3v) is 3.45. The molecule has 0 aliphatic rings. The number of ether oxygens (including phenoxy) is 2. The van der Waals surface area contributed by atoms with Gasteiger partial charge < -0.3 is 9.47 Å². The van der Waals surface area contributed by atoms with Crippen LogP contribution in [0.25, 0.3) is 11.7 Å². The highest BCUT2D eigenvalue weighted by molar-refractivity contribution is 5.86. The van der Waals surface area contributed by atoms with Crippen molar-refractivity contribution in [2.45, 2.75) is 6.54 Å². The minimum absolute atomic E-state index is 0.232. The number of rotatable bonds is 6. The lowest BCUT2D eigenvalue weighted by Crippen LogP contribution is -2.23. The summed E-state index contributed by atoms with van der Waals surface area (Å²) in [6.07, 6.45) is 7.63. The van der Waals surface area contributed by atoms with E-state index in [9.17, 15) is 9.59 Å². The van der Waals surface area contributed by atoms with Gasteiger partial charge in [0.05, 0.1) is 19.9 Å². The largest absolute Gasteiger partial charge is 0.492 e. The first-order valence-electron chi connectivity index (χ1n) is 7.55. The Kier molecular flexibility index (Phi) is 4.89. The van der Waals surface area contributed by atoms with Crippen molar-refractivity contribution in [3.05, 3.63) is 65.0 Å². The summed E-state index contributed by atoms with van der Waals surface area (Å²) < 4.78 is 12.9. The molecule has 8 heteroatoms. The molecule has 0 atom stereocenters. The van der Waals surface area contributed by atoms with E-state index >= 15 is 0 Å². The first kappa shape index (κ1) is 16.4. The standard InChI is InChI=1S/C17H16N4O4/c1-24-16(22)7-4-13-2-5-14(6-3-13)25-11-10-21-17(23)20-9-8-18-12-15(20)19-21/h2-9,12H,10-11H2,1H3/b7-4+. The molecule has 2 aromatic heterocycles. The molecule has 0 fully saturated rings. The van der Waals surface area contributed by atoms with Crippen LogP contribution in [0, 0.1) is 0 Å². The van der Waals surface area contributed by atoms with E-state index in [4.69, 9.17) is 4.74 Å². The average Bonchev–Trinajstić information content (AvgIpc) is 2.97. The number of methoxy groups -OCH3 is 1. The van der Waals surface area contributed by atoms with Gasteiger partial charge in [-0.25, -0.2) is 18.7 Å². The van der Waals surface area contributed by atoms with Crippen LogP contribution in [0.15, 0.2) is 53.7 Å². The maximum absolute atomic E-state index is 12.1. The Morgan fingerprint density at radius 3 is 2.80 bits per heavy atom. The van der Waals surface area contributed by atoms with Crippen molar-refractivity contribution in [1.82, 2.24) is 19.2 Å². The zero-order valence-corrected chi connectivity index (χ0v) is 13.5. The highest BCUT2D eigenvalue weighted by Gasteiger charge is 2.06. The molecule has 0 bridgehead atoms. The fourth-order valence-electron chi connectivity index (χ4n) is 2.18. The SMILES string of the molecule is COC(=O)/C=C/c1ccc(OCCn2nc3cnccn3c2=O)cc1. The summed E-state index contributed by atoms with van der Waals surface area (Å²) in [5, 5.41) is 4.18. The maximum Gasteiger partial charge on any atom is 0.350 e. The molecule has 1 aromatic carbocycles. The van der Waals surface area contributed by atoms with Gasteiger partial charge in [-0.1, -0.05) is 12.1 Å². The second kappa shape index (κ2) is 7.43. The lowest BCUT2D eigenvalue weighted by molar-refractivity contribution is -0.134. The van der Waals surface area contributed by atoms with Crippen LogP contribution in [0.2, 0.25) is 0 Å². The predicted octanol–water partition coefficient (Wildman–Crippen LogP) is 1.16. The number of aromatic nitrogens is 4. The molecule has 3 rings (SSSR count). The van der Waals surface area contributed by atoms with Crippen LogP contribution >= 0.6 is 0 Å². The molecule has 0 N–H and O–H groups in total. The molecule has 8 nitrogen and oxygen atoms in total. The normalized spacial score (nSPS) is 11.1. The fraction of sp³-hybridized carbons (Fsp3) is 0.176. The highest BCUT2D eigenvalue weighted by atomic mass is 16.5. The Morgan fingerprint density at radius 2 is 2.08 bits per heavy atom. The van der Waals surface area contributed by atoms with Gasteiger partial charge in [-0.3, -0.25) is 4.98 Å². The summed E-state index contributed by atoms with van der Waals surface area (Å²) in [5.74, 6) is 0.252. The Labute approximate surface area is 142 Å². The number of hydrogen-bond acceptors (Lipinski definition) is 6. The van der Waals surface area contributed by atoms with Crippen LogP contribution in [-0.4, -0.2) is 38.9 Å². The van der Waals surface area contributed by atoms with Crippen LogP contribution in [0.4, 0.5) is 0 Å². The first-order chi connectivity index (χ1) is 12.2. The van der Waals surface area contributed by atoms with Gasteiger partial charge in [0.15, 0.2) is 5.65 Å². The smallest absolute Gasteiger partial charge is 0.350 e. The van der Waals surface area contributed by atoms with Crippen molar-refractivity contribution in [2.24, 2.45) is 0 Å². The van der Waals surface area contributed by atoms with Gasteiger partial charge >= 0.3 is 11.7 Å². The van der Waals surface area contributed by atoms with Crippen molar-refractivity contribution in [3.63, 3.8) is 0 Å². The Morgan fingerprint density at radius 1 is 1.28 bits per heavy atom. The predicted molar refractivity (Wildman–Crippen MR) is 90.2 cm³/mol. The number of hydrogen-bond donors (Lipinski definition) is 0. The number of benzene rings is 1. The van der Waals surface area contributed by atoms with E-state index in [1.165, 1.54) is 34.7 Å². The molecule has 0 unspecified atom stereocenters. The molecule has 0 saturated carbocycles. The van der Waals surface area contributed by atoms with E-state index in [0.29, 0.717) is 24.5 Å². The van der Waals surface area contributed by atoms with E-state index in [0.717, 1.165) is 5.56 Å². The van der Waals surface area contributed by atoms with E-state index in [-0.39, 0.29) is 5.69 Å². The quantitative estimate of drug-likeness (QED) is 0.494. The summed E-state index contributed by atoms with van der Waals surface area (Å²) in [6.45, 7) is 0.624. The summed E-state index contributed by atoms with van der Waals surface area (Å²) in [7, 11) is 1.33. The molecule has 0 saturated heterocycles. The molecule has 0 aliphatic heterocycles. The number of esters is 1. The van der Waals surface area contributed by atoms with Gasteiger partial charge in [-0.2, -0.15) is 0 Å². The zero-order valence-electron chi connectivity index (χ0n) is 13.5. The monoisotopic (exact) mass is 340 g/mol. The van der Waals surface area contributed by atoms with Gasteiger partial charge in [0.25, 0.3) is 0 Å². The van der Waals surface area contributed by atoms with Crippen molar-refractivity contribution < 1.29 is 14.3 Å². The molecule has 128 valence electrons. The topological polar surface area (TPSA) is 87.7 Å². The van der Waals surface area contributed by atoms with Crippen LogP contribution in [0.5, 0.6) is 5.75 Å². The van der Waals surface area contributed by atoms with Gasteiger partial charge in [0, 0.05) is 18.5 Å². The second-order valence-corrected chi connectivity index (χ2v) is 5.08. The molecule has 25 heavy (non-hydrogen) atoms. The van der Waals surface area contributed by atoms with Crippen molar-refractivity contribution in [2.75, 3.05) is 13.7 Å². The zero-order chi connectivity index (χ0) is 17.6. The first-order valence-corrected chi connectivity index (χ1v) is 7.55. The van der Waals surface area contributed by atoms with Gasteiger partial charge in [-0.05, 0) is 23.8 Å². The molecule has 0 radical (unpaired) electrons. The second-order valence-electron chi connectivity index (χ2n) is 5.08.